The van der Waals surface area contributed by atoms with Crippen LogP contribution >= 0.6 is 23.1 Å². The molecule has 0 saturated carbocycles. The van der Waals surface area contributed by atoms with Crippen molar-refractivity contribution >= 4 is 40.1 Å². The average Bonchev–Trinajstić information content (AvgIpc) is 3.13. The van der Waals surface area contributed by atoms with Crippen molar-refractivity contribution in [3.05, 3.63) is 58.1 Å². The number of hydrogen-bond acceptors (Lipinski definition) is 7. The smallest absolute Gasteiger partial charge is 0.341 e. The van der Waals surface area contributed by atoms with Crippen LogP contribution in [0.25, 0.3) is 11.3 Å². The van der Waals surface area contributed by atoms with E-state index in [0.717, 1.165) is 22.4 Å². The van der Waals surface area contributed by atoms with Crippen LogP contribution in [0.5, 0.6) is 0 Å². The second kappa shape index (κ2) is 9.19. The molecule has 0 unspecified atom stereocenters. The first-order chi connectivity index (χ1) is 13.9. The van der Waals surface area contributed by atoms with Gasteiger partial charge in [-0.15, -0.1) is 23.1 Å². The number of carbonyl (C=O) groups is 2. The fourth-order valence-electron chi connectivity index (χ4n) is 3.10. The molecule has 2 aromatic heterocycles. The summed E-state index contributed by atoms with van der Waals surface area (Å²) < 4.78 is 5.12. The van der Waals surface area contributed by atoms with Gasteiger partial charge in [-0.25, -0.2) is 14.8 Å². The van der Waals surface area contributed by atoms with E-state index in [0.29, 0.717) is 15.7 Å². The highest BCUT2D eigenvalue weighted by Crippen LogP contribution is 2.31. The van der Waals surface area contributed by atoms with Gasteiger partial charge in [-0.3, -0.25) is 10.1 Å². The fraction of sp³-hybridized carbons (Fsp3) is 0.238. The molecule has 2 heterocycles. The zero-order valence-electron chi connectivity index (χ0n) is 16.6. The molecule has 0 aliphatic rings. The molecule has 150 valence electrons. The summed E-state index contributed by atoms with van der Waals surface area (Å²) in [6, 6.07) is 7.50. The number of pyridine rings is 1. The van der Waals surface area contributed by atoms with Crippen molar-refractivity contribution in [2.75, 3.05) is 18.2 Å². The summed E-state index contributed by atoms with van der Waals surface area (Å²) in [5.74, 6) is -1.02. The number of rotatable bonds is 6. The molecule has 0 aliphatic carbocycles. The van der Waals surface area contributed by atoms with E-state index < -0.39 is 11.9 Å². The molecule has 1 N–H and O–H groups in total. The highest BCUT2D eigenvalue weighted by atomic mass is 32.2. The quantitative estimate of drug-likeness (QED) is 0.456. The number of thiazole rings is 1. The Balaban J connectivity index is 1.63. The predicted octanol–water partition coefficient (Wildman–Crippen LogP) is 4.65. The van der Waals surface area contributed by atoms with Crippen molar-refractivity contribution in [3.63, 3.8) is 0 Å². The van der Waals surface area contributed by atoms with E-state index in [1.54, 1.807) is 18.3 Å². The number of thioether (sulfide) groups is 1. The van der Waals surface area contributed by atoms with Gasteiger partial charge >= 0.3 is 5.97 Å². The van der Waals surface area contributed by atoms with Crippen molar-refractivity contribution in [1.29, 1.82) is 0 Å². The third-order valence-corrected chi connectivity index (χ3v) is 5.67. The van der Waals surface area contributed by atoms with E-state index in [4.69, 9.17) is 4.74 Å². The van der Waals surface area contributed by atoms with Crippen LogP contribution in [0.4, 0.5) is 5.13 Å². The number of nitrogens with zero attached hydrogens (tertiary/aromatic N) is 2. The summed E-state index contributed by atoms with van der Waals surface area (Å²) in [5, 5.41) is 5.62. The number of ether oxygens (including phenoxy) is 1. The van der Waals surface area contributed by atoms with Crippen LogP contribution in [0, 0.1) is 20.8 Å². The molecule has 29 heavy (non-hydrogen) atoms. The summed E-state index contributed by atoms with van der Waals surface area (Å²) in [6.45, 7) is 5.77. The maximum atomic E-state index is 12.2. The number of benzene rings is 1. The highest BCUT2D eigenvalue weighted by Gasteiger charge is 2.16. The van der Waals surface area contributed by atoms with Gasteiger partial charge in [0.05, 0.1) is 11.3 Å². The Labute approximate surface area is 177 Å². The lowest BCUT2D eigenvalue weighted by Gasteiger charge is -2.09. The molecule has 1 aromatic carbocycles. The molecule has 6 nitrogen and oxygen atoms in total. The molecular formula is C21H21N3O3S2. The molecule has 0 bridgehead atoms. The Morgan fingerprint density at radius 2 is 1.93 bits per heavy atom. The first kappa shape index (κ1) is 21.0. The molecule has 0 aliphatic heterocycles. The number of aromatic nitrogens is 2. The fourth-order valence-corrected chi connectivity index (χ4v) is 4.36. The van der Waals surface area contributed by atoms with Crippen LogP contribution in [0.3, 0.4) is 0 Å². The number of carbonyl (C=O) groups excluding carboxylic acids is 2. The molecule has 8 heteroatoms. The van der Waals surface area contributed by atoms with Gasteiger partial charge in [-0.05, 0) is 50.3 Å². The summed E-state index contributed by atoms with van der Waals surface area (Å²) in [4.78, 5) is 33.0. The van der Waals surface area contributed by atoms with E-state index >= 15 is 0 Å². The first-order valence-corrected chi connectivity index (χ1v) is 11.0. The van der Waals surface area contributed by atoms with Crippen molar-refractivity contribution in [2.45, 2.75) is 25.8 Å². The van der Waals surface area contributed by atoms with Crippen LogP contribution < -0.4 is 5.32 Å². The molecule has 0 fully saturated rings. The highest BCUT2D eigenvalue weighted by molar-refractivity contribution is 7.98. The largest absolute Gasteiger partial charge is 0.452 e. The van der Waals surface area contributed by atoms with Crippen LogP contribution in [0.1, 0.15) is 27.0 Å². The zero-order valence-corrected chi connectivity index (χ0v) is 18.2. The van der Waals surface area contributed by atoms with Crippen LogP contribution in [-0.4, -0.2) is 34.7 Å². The van der Waals surface area contributed by atoms with Crippen molar-refractivity contribution < 1.29 is 14.3 Å². The number of nitrogens with one attached hydrogen (secondary N) is 1. The minimum atomic E-state index is -0.580. The van der Waals surface area contributed by atoms with Crippen molar-refractivity contribution in [2.24, 2.45) is 0 Å². The van der Waals surface area contributed by atoms with Gasteiger partial charge in [0, 0.05) is 17.1 Å². The van der Waals surface area contributed by atoms with Crippen molar-refractivity contribution in [3.8, 4) is 11.3 Å². The Morgan fingerprint density at radius 3 is 2.62 bits per heavy atom. The second-order valence-electron chi connectivity index (χ2n) is 6.50. The summed E-state index contributed by atoms with van der Waals surface area (Å²) in [5.41, 5.74) is 5.71. The lowest BCUT2D eigenvalue weighted by Crippen LogP contribution is -2.21. The molecular weight excluding hydrogens is 406 g/mol. The lowest BCUT2D eigenvalue weighted by atomic mass is 9.98. The van der Waals surface area contributed by atoms with Gasteiger partial charge in [0.25, 0.3) is 5.91 Å². The van der Waals surface area contributed by atoms with E-state index in [9.17, 15) is 9.59 Å². The summed E-state index contributed by atoms with van der Waals surface area (Å²) >= 11 is 2.68. The van der Waals surface area contributed by atoms with Gasteiger partial charge in [-0.1, -0.05) is 17.7 Å². The lowest BCUT2D eigenvalue weighted by molar-refractivity contribution is -0.119. The van der Waals surface area contributed by atoms with Gasteiger partial charge in [0.1, 0.15) is 5.03 Å². The number of esters is 1. The molecule has 3 rings (SSSR count). The maximum absolute atomic E-state index is 12.2. The van der Waals surface area contributed by atoms with Crippen molar-refractivity contribution in [1.82, 2.24) is 9.97 Å². The molecule has 0 radical (unpaired) electrons. The average molecular weight is 428 g/mol. The number of amides is 1. The Bertz CT molecular complexity index is 1040. The van der Waals surface area contributed by atoms with E-state index in [1.165, 1.54) is 28.7 Å². The molecule has 3 aromatic rings. The molecule has 0 saturated heterocycles. The van der Waals surface area contributed by atoms with Crippen LogP contribution in [0.15, 0.2) is 40.9 Å². The van der Waals surface area contributed by atoms with Gasteiger partial charge in [0.2, 0.25) is 0 Å². The topological polar surface area (TPSA) is 81.2 Å². The summed E-state index contributed by atoms with van der Waals surface area (Å²) in [6.07, 6.45) is 3.43. The molecule has 0 spiro atoms. The Hall–Kier alpha value is -2.71. The van der Waals surface area contributed by atoms with E-state index in [2.05, 4.69) is 34.3 Å². The normalized spacial score (nSPS) is 10.6. The maximum Gasteiger partial charge on any atom is 0.341 e. The standard InChI is InChI=1S/C21H21N3O3S2/c1-12-8-13(2)18(14(3)9-12)16-11-29-21(23-16)24-17(25)10-27-20(26)15-6-5-7-22-19(15)28-4/h5-9,11H,10H2,1-4H3,(H,23,24,25). The zero-order chi connectivity index (χ0) is 21.0. The minimum Gasteiger partial charge on any atom is -0.452 e. The van der Waals surface area contributed by atoms with E-state index in [-0.39, 0.29) is 6.61 Å². The van der Waals surface area contributed by atoms with E-state index in [1.807, 2.05) is 25.5 Å². The van der Waals surface area contributed by atoms with Crippen LogP contribution in [0.2, 0.25) is 0 Å². The molecule has 0 atom stereocenters. The monoisotopic (exact) mass is 427 g/mol. The second-order valence-corrected chi connectivity index (χ2v) is 8.15. The number of hydrogen-bond donors (Lipinski definition) is 1. The van der Waals surface area contributed by atoms with Gasteiger partial charge in [-0.2, -0.15) is 0 Å². The first-order valence-electron chi connectivity index (χ1n) is 8.88. The minimum absolute atomic E-state index is 0.342. The van der Waals surface area contributed by atoms with Gasteiger partial charge < -0.3 is 4.74 Å². The molecule has 1 amide bonds. The number of anilines is 1. The number of aryl methyl sites for hydroxylation is 3. The Kier molecular flexibility index (Phi) is 6.66. The predicted molar refractivity (Wildman–Crippen MR) is 117 cm³/mol. The third-order valence-electron chi connectivity index (χ3n) is 4.20. The summed E-state index contributed by atoms with van der Waals surface area (Å²) in [7, 11) is 0. The Morgan fingerprint density at radius 1 is 1.21 bits per heavy atom. The van der Waals surface area contributed by atoms with Gasteiger partial charge in [0.15, 0.2) is 11.7 Å². The van der Waals surface area contributed by atoms with Crippen LogP contribution in [-0.2, 0) is 9.53 Å². The SMILES string of the molecule is CSc1ncccc1C(=O)OCC(=O)Nc1nc(-c2c(C)cc(C)cc2C)cs1. The third kappa shape index (κ3) is 5.02.